The Kier molecular flexibility index (Phi) is 3.60. The van der Waals surface area contributed by atoms with Gasteiger partial charge in [-0.15, -0.1) is 11.6 Å². The molecule has 0 aliphatic rings. The van der Waals surface area contributed by atoms with Gasteiger partial charge in [-0.1, -0.05) is 6.92 Å². The van der Waals surface area contributed by atoms with Crippen molar-refractivity contribution in [2.75, 3.05) is 0 Å². The van der Waals surface area contributed by atoms with Crippen LogP contribution in [0.2, 0.25) is 0 Å². The molecule has 1 aromatic rings. The molecule has 1 nitrogen and oxygen atoms in total. The first-order chi connectivity index (χ1) is 6.82. The molecule has 0 saturated carbocycles. The van der Waals surface area contributed by atoms with E-state index in [0.29, 0.717) is 5.69 Å². The van der Waals surface area contributed by atoms with Gasteiger partial charge in [-0.05, 0) is 19.1 Å². The number of aromatic nitrogens is 1. The van der Waals surface area contributed by atoms with E-state index in [1.165, 1.54) is 6.07 Å². The Balaban J connectivity index is 2.91. The fourth-order valence-electron chi connectivity index (χ4n) is 1.08. The van der Waals surface area contributed by atoms with Gasteiger partial charge in [-0.25, -0.2) is 0 Å². The number of hydrogen-bond acceptors (Lipinski definition) is 1. The minimum absolute atomic E-state index is 0.0612. The molecule has 2 unspecified atom stereocenters. The third-order valence-corrected chi connectivity index (χ3v) is 2.65. The number of rotatable bonds is 2. The quantitative estimate of drug-likeness (QED) is 0.713. The fourth-order valence-corrected chi connectivity index (χ4v) is 1.21. The first kappa shape index (κ1) is 12.3. The smallest absolute Gasteiger partial charge is 0.260 e. The van der Waals surface area contributed by atoms with Gasteiger partial charge in [-0.3, -0.25) is 4.98 Å². The standard InChI is InChI=1S/C10H11ClF3N/c1-6(7(2)11)9-4-3-8(5-15-9)10(12,13)14/h3-7H,1-2H3. The molecule has 1 rings (SSSR count). The topological polar surface area (TPSA) is 12.9 Å². The van der Waals surface area contributed by atoms with E-state index in [4.69, 9.17) is 11.6 Å². The second-order valence-electron chi connectivity index (χ2n) is 3.44. The van der Waals surface area contributed by atoms with E-state index in [0.717, 1.165) is 12.3 Å². The third-order valence-electron chi connectivity index (χ3n) is 2.27. The molecule has 0 aliphatic heterocycles. The summed E-state index contributed by atoms with van der Waals surface area (Å²) in [6, 6.07) is 2.39. The van der Waals surface area contributed by atoms with Crippen molar-refractivity contribution in [2.24, 2.45) is 0 Å². The molecule has 0 N–H and O–H groups in total. The van der Waals surface area contributed by atoms with Crippen LogP contribution in [0, 0.1) is 0 Å². The van der Waals surface area contributed by atoms with E-state index < -0.39 is 11.7 Å². The maximum atomic E-state index is 12.2. The zero-order valence-corrected chi connectivity index (χ0v) is 9.10. The minimum atomic E-state index is -4.33. The maximum Gasteiger partial charge on any atom is 0.417 e. The first-order valence-electron chi connectivity index (χ1n) is 4.49. The van der Waals surface area contributed by atoms with Gasteiger partial charge >= 0.3 is 6.18 Å². The van der Waals surface area contributed by atoms with Gasteiger partial charge in [0.2, 0.25) is 0 Å². The molecule has 5 heteroatoms. The van der Waals surface area contributed by atoms with Crippen LogP contribution in [0.3, 0.4) is 0 Å². The normalized spacial score (nSPS) is 16.1. The lowest BCUT2D eigenvalue weighted by molar-refractivity contribution is -0.137. The van der Waals surface area contributed by atoms with Crippen molar-refractivity contribution >= 4 is 11.6 Å². The molecule has 0 aromatic carbocycles. The van der Waals surface area contributed by atoms with E-state index in [1.807, 2.05) is 6.92 Å². The maximum absolute atomic E-state index is 12.2. The summed E-state index contributed by atoms with van der Waals surface area (Å²) in [7, 11) is 0. The average molecular weight is 238 g/mol. The van der Waals surface area contributed by atoms with E-state index in [-0.39, 0.29) is 11.3 Å². The summed E-state index contributed by atoms with van der Waals surface area (Å²) < 4.78 is 36.6. The molecule has 0 spiro atoms. The number of hydrogen-bond donors (Lipinski definition) is 0. The summed E-state index contributed by atoms with van der Waals surface area (Å²) in [6.45, 7) is 3.61. The van der Waals surface area contributed by atoms with Crippen molar-refractivity contribution in [3.8, 4) is 0 Å². The molecule has 0 aliphatic carbocycles. The Bertz CT molecular complexity index is 318. The molecule has 1 heterocycles. The lowest BCUT2D eigenvalue weighted by atomic mass is 10.0. The minimum Gasteiger partial charge on any atom is -0.260 e. The van der Waals surface area contributed by atoms with E-state index in [1.54, 1.807) is 6.92 Å². The molecular weight excluding hydrogens is 227 g/mol. The Morgan fingerprint density at radius 3 is 2.20 bits per heavy atom. The van der Waals surface area contributed by atoms with Gasteiger partial charge in [-0.2, -0.15) is 13.2 Å². The molecule has 0 radical (unpaired) electrons. The lowest BCUT2D eigenvalue weighted by Crippen LogP contribution is -2.10. The number of alkyl halides is 4. The first-order valence-corrected chi connectivity index (χ1v) is 4.93. The highest BCUT2D eigenvalue weighted by Gasteiger charge is 2.30. The second-order valence-corrected chi connectivity index (χ2v) is 4.12. The largest absolute Gasteiger partial charge is 0.417 e. The average Bonchev–Trinajstić information content (AvgIpc) is 2.15. The molecule has 0 amide bonds. The van der Waals surface area contributed by atoms with Gasteiger partial charge in [0.05, 0.1) is 5.56 Å². The van der Waals surface area contributed by atoms with E-state index >= 15 is 0 Å². The highest BCUT2D eigenvalue weighted by molar-refractivity contribution is 6.20. The summed E-state index contributed by atoms with van der Waals surface area (Å²) in [5.41, 5.74) is -0.161. The van der Waals surface area contributed by atoms with Gasteiger partial charge in [0.15, 0.2) is 0 Å². The Morgan fingerprint density at radius 2 is 1.87 bits per heavy atom. The van der Waals surface area contributed by atoms with Crippen molar-refractivity contribution in [3.05, 3.63) is 29.6 Å². The summed E-state index contributed by atoms with van der Waals surface area (Å²) >= 11 is 5.83. The summed E-state index contributed by atoms with van der Waals surface area (Å²) in [5.74, 6) is -0.0612. The highest BCUT2D eigenvalue weighted by atomic mass is 35.5. The molecule has 0 fully saturated rings. The Morgan fingerprint density at radius 1 is 1.27 bits per heavy atom. The molecular formula is C10H11ClF3N. The molecule has 84 valence electrons. The predicted octanol–water partition coefficient (Wildman–Crippen LogP) is 3.83. The van der Waals surface area contributed by atoms with Crippen molar-refractivity contribution in [2.45, 2.75) is 31.3 Å². The number of halogens is 4. The summed E-state index contributed by atoms with van der Waals surface area (Å²) in [5, 5.41) is -0.158. The number of nitrogens with zero attached hydrogens (tertiary/aromatic N) is 1. The summed E-state index contributed by atoms with van der Waals surface area (Å²) in [6.07, 6.45) is -3.49. The summed E-state index contributed by atoms with van der Waals surface area (Å²) in [4.78, 5) is 3.76. The van der Waals surface area contributed by atoms with Gasteiger partial charge in [0.1, 0.15) is 0 Å². The molecule has 1 aromatic heterocycles. The fraction of sp³-hybridized carbons (Fsp3) is 0.500. The monoisotopic (exact) mass is 237 g/mol. The van der Waals surface area contributed by atoms with Gasteiger partial charge < -0.3 is 0 Å². The SMILES string of the molecule is CC(Cl)C(C)c1ccc(C(F)(F)F)cn1. The molecule has 0 saturated heterocycles. The predicted molar refractivity (Wildman–Crippen MR) is 53.0 cm³/mol. The van der Waals surface area contributed by atoms with Crippen molar-refractivity contribution in [1.29, 1.82) is 0 Å². The van der Waals surface area contributed by atoms with Crippen LogP contribution >= 0.6 is 11.6 Å². The van der Waals surface area contributed by atoms with Crippen molar-refractivity contribution < 1.29 is 13.2 Å². The Hall–Kier alpha value is -0.770. The number of pyridine rings is 1. The van der Waals surface area contributed by atoms with Crippen molar-refractivity contribution in [3.63, 3.8) is 0 Å². The Labute approximate surface area is 91.3 Å². The van der Waals surface area contributed by atoms with Gasteiger partial charge in [0.25, 0.3) is 0 Å². The van der Waals surface area contributed by atoms with Crippen molar-refractivity contribution in [1.82, 2.24) is 4.98 Å². The second kappa shape index (κ2) is 4.39. The van der Waals surface area contributed by atoms with E-state index in [2.05, 4.69) is 4.98 Å². The van der Waals surface area contributed by atoms with Crippen LogP contribution in [0.4, 0.5) is 13.2 Å². The third kappa shape index (κ3) is 3.09. The molecule has 2 atom stereocenters. The van der Waals surface area contributed by atoms with Crippen LogP contribution in [0.5, 0.6) is 0 Å². The van der Waals surface area contributed by atoms with Crippen LogP contribution in [0.1, 0.15) is 31.0 Å². The molecule has 15 heavy (non-hydrogen) atoms. The van der Waals surface area contributed by atoms with Crippen LogP contribution < -0.4 is 0 Å². The van der Waals surface area contributed by atoms with Crippen LogP contribution in [0.25, 0.3) is 0 Å². The van der Waals surface area contributed by atoms with E-state index in [9.17, 15) is 13.2 Å². The lowest BCUT2D eigenvalue weighted by Gasteiger charge is -2.14. The van der Waals surface area contributed by atoms with Crippen LogP contribution in [0.15, 0.2) is 18.3 Å². The zero-order chi connectivity index (χ0) is 11.6. The van der Waals surface area contributed by atoms with Crippen LogP contribution in [-0.4, -0.2) is 10.4 Å². The van der Waals surface area contributed by atoms with Crippen LogP contribution in [-0.2, 0) is 6.18 Å². The van der Waals surface area contributed by atoms with Gasteiger partial charge in [0, 0.05) is 23.2 Å². The zero-order valence-electron chi connectivity index (χ0n) is 8.35. The highest BCUT2D eigenvalue weighted by Crippen LogP contribution is 2.29. The molecule has 0 bridgehead atoms.